The highest BCUT2D eigenvalue weighted by Crippen LogP contribution is 2.17. The van der Waals surface area contributed by atoms with Gasteiger partial charge in [0, 0.05) is 19.3 Å². The highest BCUT2D eigenvalue weighted by molar-refractivity contribution is 5.71. The molecule has 1 atom stereocenters. The van der Waals surface area contributed by atoms with Crippen LogP contribution in [0.1, 0.15) is 297 Å². The Kier molecular flexibility index (Phi) is 51.3. The molecule has 0 saturated heterocycles. The summed E-state index contributed by atoms with van der Waals surface area (Å²) in [4.78, 5) is 37.7. The normalized spacial score (nSPS) is 12.2. The van der Waals surface area contributed by atoms with Crippen LogP contribution in [-0.2, 0) is 28.6 Å². The number of ether oxygens (including phenoxy) is 3. The zero-order chi connectivity index (χ0) is 46.5. The van der Waals surface area contributed by atoms with Gasteiger partial charge >= 0.3 is 17.9 Å². The molecule has 0 spiro atoms. The predicted octanol–water partition coefficient (Wildman–Crippen LogP) is 18.5. The third-order valence-corrected chi connectivity index (χ3v) is 12.4. The molecule has 0 fully saturated rings. The van der Waals surface area contributed by atoms with Crippen molar-refractivity contribution in [3.8, 4) is 0 Å². The molecule has 0 radical (unpaired) electrons. The van der Waals surface area contributed by atoms with Crippen LogP contribution in [-0.4, -0.2) is 37.2 Å². The molecule has 6 heteroatoms. The van der Waals surface area contributed by atoms with E-state index in [0.717, 1.165) is 83.5 Å². The van der Waals surface area contributed by atoms with Gasteiger partial charge in [-0.2, -0.15) is 0 Å². The maximum absolute atomic E-state index is 12.8. The number of hydrogen-bond donors (Lipinski definition) is 0. The summed E-state index contributed by atoms with van der Waals surface area (Å²) in [5.41, 5.74) is 0. The number of rotatable bonds is 51. The minimum absolute atomic E-state index is 0.0745. The number of allylic oxidation sites excluding steroid dienone is 6. The highest BCUT2D eigenvalue weighted by Gasteiger charge is 2.19. The number of carbonyl (C=O) groups is 3. The van der Waals surface area contributed by atoms with Crippen molar-refractivity contribution in [3.05, 3.63) is 36.5 Å². The van der Waals surface area contributed by atoms with Gasteiger partial charge in [0.05, 0.1) is 0 Å². The van der Waals surface area contributed by atoms with Crippen molar-refractivity contribution in [2.24, 2.45) is 0 Å². The summed E-state index contributed by atoms with van der Waals surface area (Å²) < 4.78 is 16.7. The average Bonchev–Trinajstić information content (AvgIpc) is 3.29. The van der Waals surface area contributed by atoms with Gasteiger partial charge in [0.1, 0.15) is 13.2 Å². The van der Waals surface area contributed by atoms with Crippen LogP contribution >= 0.6 is 0 Å². The van der Waals surface area contributed by atoms with Gasteiger partial charge in [0.2, 0.25) is 0 Å². The van der Waals surface area contributed by atoms with E-state index in [-0.39, 0.29) is 31.1 Å². The van der Waals surface area contributed by atoms with Gasteiger partial charge in [-0.3, -0.25) is 14.4 Å². The molecule has 0 aromatic heterocycles. The van der Waals surface area contributed by atoms with Crippen LogP contribution in [0.25, 0.3) is 0 Å². The van der Waals surface area contributed by atoms with Crippen LogP contribution in [0.4, 0.5) is 0 Å². The van der Waals surface area contributed by atoms with Crippen molar-refractivity contribution < 1.29 is 28.6 Å². The van der Waals surface area contributed by atoms with Crippen LogP contribution in [0.5, 0.6) is 0 Å². The van der Waals surface area contributed by atoms with Crippen molar-refractivity contribution in [2.75, 3.05) is 13.2 Å². The van der Waals surface area contributed by atoms with Crippen LogP contribution < -0.4 is 0 Å². The Bertz CT molecular complexity index is 1080. The molecule has 0 aromatic carbocycles. The van der Waals surface area contributed by atoms with Gasteiger partial charge in [-0.15, -0.1) is 0 Å². The molecule has 64 heavy (non-hydrogen) atoms. The average molecular weight is 899 g/mol. The number of esters is 3. The Balaban J connectivity index is 4.09. The molecule has 0 aromatic rings. The molecule has 0 amide bonds. The summed E-state index contributed by atoms with van der Waals surface area (Å²) >= 11 is 0. The summed E-state index contributed by atoms with van der Waals surface area (Å²) in [5, 5.41) is 0. The van der Waals surface area contributed by atoms with Gasteiger partial charge < -0.3 is 14.2 Å². The molecule has 0 aliphatic heterocycles. The number of hydrogen-bond acceptors (Lipinski definition) is 6. The molecule has 0 aliphatic carbocycles. The van der Waals surface area contributed by atoms with Crippen LogP contribution in [0.2, 0.25) is 0 Å². The van der Waals surface area contributed by atoms with Gasteiger partial charge in [-0.25, -0.2) is 0 Å². The van der Waals surface area contributed by atoms with Crippen LogP contribution in [0, 0.1) is 0 Å². The number of carbonyl (C=O) groups excluding carboxylic acids is 3. The summed E-state index contributed by atoms with van der Waals surface area (Å²) in [5.74, 6) is -0.888. The lowest BCUT2D eigenvalue weighted by Crippen LogP contribution is -2.30. The molecule has 0 saturated carbocycles. The highest BCUT2D eigenvalue weighted by atomic mass is 16.6. The van der Waals surface area contributed by atoms with E-state index >= 15 is 0 Å². The lowest BCUT2D eigenvalue weighted by molar-refractivity contribution is -0.167. The molecule has 0 N–H and O–H groups in total. The molecule has 6 nitrogen and oxygen atoms in total. The van der Waals surface area contributed by atoms with E-state index in [9.17, 15) is 14.4 Å². The van der Waals surface area contributed by atoms with E-state index in [1.807, 2.05) is 0 Å². The predicted molar refractivity (Wildman–Crippen MR) is 275 cm³/mol. The summed E-state index contributed by atoms with van der Waals surface area (Å²) in [6.45, 7) is 6.55. The molecule has 0 bridgehead atoms. The second kappa shape index (κ2) is 53.2. The number of unbranched alkanes of at least 4 members (excludes halogenated alkanes) is 34. The molecule has 374 valence electrons. The first kappa shape index (κ1) is 61.6. The molecule has 1 unspecified atom stereocenters. The fraction of sp³-hybridized carbons (Fsp3) is 0.845. The minimum atomic E-state index is -0.772. The van der Waals surface area contributed by atoms with Crippen molar-refractivity contribution >= 4 is 17.9 Å². The van der Waals surface area contributed by atoms with Crippen molar-refractivity contribution in [1.82, 2.24) is 0 Å². The summed E-state index contributed by atoms with van der Waals surface area (Å²) in [6.07, 6.45) is 63.2. The van der Waals surface area contributed by atoms with E-state index in [1.165, 1.54) is 173 Å². The summed E-state index contributed by atoms with van der Waals surface area (Å²) in [6, 6.07) is 0. The quantitative estimate of drug-likeness (QED) is 0.0262. The molecule has 0 heterocycles. The third-order valence-electron chi connectivity index (χ3n) is 12.4. The summed E-state index contributed by atoms with van der Waals surface area (Å²) in [7, 11) is 0. The molecule has 0 rings (SSSR count). The Morgan fingerprint density at radius 3 is 0.906 bits per heavy atom. The fourth-order valence-electron chi connectivity index (χ4n) is 8.16. The Labute approximate surface area is 397 Å². The first-order valence-electron chi connectivity index (χ1n) is 28.0. The monoisotopic (exact) mass is 899 g/mol. The van der Waals surface area contributed by atoms with Crippen LogP contribution in [0.3, 0.4) is 0 Å². The van der Waals surface area contributed by atoms with E-state index in [0.29, 0.717) is 19.3 Å². The minimum Gasteiger partial charge on any atom is -0.462 e. The van der Waals surface area contributed by atoms with Crippen LogP contribution in [0.15, 0.2) is 36.5 Å². The maximum atomic E-state index is 12.8. The van der Waals surface area contributed by atoms with Crippen molar-refractivity contribution in [3.63, 3.8) is 0 Å². The zero-order valence-electron chi connectivity index (χ0n) is 42.8. The third kappa shape index (κ3) is 50.6. The van der Waals surface area contributed by atoms with Crippen molar-refractivity contribution in [1.29, 1.82) is 0 Å². The van der Waals surface area contributed by atoms with E-state index in [1.54, 1.807) is 0 Å². The Hall–Kier alpha value is -2.37. The SMILES string of the molecule is CCCCC/C=C\C/C=C\C/C=C\CCCCCCCCC(=O)OC(COC(=O)CCCCCCC)COC(=O)CCCCCCCCCCCCCCCCCCCCCCCC. The maximum Gasteiger partial charge on any atom is 0.306 e. The molecular weight excluding hydrogens is 793 g/mol. The zero-order valence-corrected chi connectivity index (χ0v) is 42.8. The largest absolute Gasteiger partial charge is 0.462 e. The van der Waals surface area contributed by atoms with Gasteiger partial charge in [0.25, 0.3) is 0 Å². The van der Waals surface area contributed by atoms with Gasteiger partial charge in [-0.05, 0) is 57.8 Å². The molecule has 0 aliphatic rings. The van der Waals surface area contributed by atoms with Crippen molar-refractivity contribution in [2.45, 2.75) is 303 Å². The Morgan fingerprint density at radius 1 is 0.312 bits per heavy atom. The van der Waals surface area contributed by atoms with E-state index < -0.39 is 6.10 Å². The lowest BCUT2D eigenvalue weighted by atomic mass is 10.0. The van der Waals surface area contributed by atoms with Gasteiger partial charge in [0.15, 0.2) is 6.10 Å². The Morgan fingerprint density at radius 2 is 0.562 bits per heavy atom. The molecular formula is C58H106O6. The fourth-order valence-corrected chi connectivity index (χ4v) is 8.16. The van der Waals surface area contributed by atoms with E-state index in [4.69, 9.17) is 14.2 Å². The van der Waals surface area contributed by atoms with Gasteiger partial charge in [-0.1, -0.05) is 256 Å². The standard InChI is InChI=1S/C58H106O6/c1-4-7-10-13-15-17-19-21-23-25-27-28-29-31-32-34-36-38-40-42-45-48-51-57(60)63-54-55(53-62-56(59)50-47-44-12-9-6-3)64-58(61)52-49-46-43-41-39-37-35-33-30-26-24-22-20-18-16-14-11-8-5-2/h16,18,22,24,30,33,55H,4-15,17,19-21,23,25-29,31-32,34-54H2,1-3H3/b18-16-,24-22-,33-30-. The topological polar surface area (TPSA) is 78.9 Å². The second-order valence-electron chi connectivity index (χ2n) is 18.9. The smallest absolute Gasteiger partial charge is 0.306 e. The van der Waals surface area contributed by atoms with E-state index in [2.05, 4.69) is 57.2 Å². The first-order valence-corrected chi connectivity index (χ1v) is 28.0. The first-order chi connectivity index (χ1) is 31.5. The second-order valence-corrected chi connectivity index (χ2v) is 18.9. The lowest BCUT2D eigenvalue weighted by Gasteiger charge is -2.18.